The molecule has 3 aromatic carbocycles. The normalized spacial score (nSPS) is 12.6. The van der Waals surface area contributed by atoms with Gasteiger partial charge in [-0.05, 0) is 73.0 Å². The van der Waals surface area contributed by atoms with Gasteiger partial charge < -0.3 is 25.6 Å². The van der Waals surface area contributed by atoms with Crippen molar-refractivity contribution in [3.05, 3.63) is 95.0 Å². The van der Waals surface area contributed by atoms with Gasteiger partial charge in [0.2, 0.25) is 5.91 Å². The van der Waals surface area contributed by atoms with Crippen LogP contribution < -0.4 is 16.4 Å². The second kappa shape index (κ2) is 13.3. The largest absolute Gasteiger partial charge is 0.508 e. The van der Waals surface area contributed by atoms with Gasteiger partial charge in [0.1, 0.15) is 5.75 Å². The van der Waals surface area contributed by atoms with Crippen LogP contribution in [0.5, 0.6) is 5.75 Å². The zero-order chi connectivity index (χ0) is 25.9. The number of hydrogen-bond acceptors (Lipinski definition) is 6. The third kappa shape index (κ3) is 8.14. The smallest absolute Gasteiger partial charge is 0.412 e. The van der Waals surface area contributed by atoms with Crippen LogP contribution in [-0.2, 0) is 14.3 Å². The Morgan fingerprint density at radius 3 is 2.39 bits per heavy atom. The maximum atomic E-state index is 12.7. The Morgan fingerprint density at radius 2 is 1.72 bits per heavy atom. The van der Waals surface area contributed by atoms with Crippen molar-refractivity contribution in [2.75, 3.05) is 23.5 Å². The second-order valence-electron chi connectivity index (χ2n) is 7.88. The van der Waals surface area contributed by atoms with E-state index in [9.17, 15) is 14.7 Å². The van der Waals surface area contributed by atoms with E-state index in [0.717, 1.165) is 4.47 Å². The lowest BCUT2D eigenvalue weighted by molar-refractivity contribution is -0.111. The van der Waals surface area contributed by atoms with E-state index in [2.05, 4.69) is 26.6 Å². The van der Waals surface area contributed by atoms with Crippen LogP contribution in [0, 0.1) is 0 Å². The number of nitrogens with one attached hydrogen (secondary N) is 2. The summed E-state index contributed by atoms with van der Waals surface area (Å²) in [5.41, 5.74) is 8.11. The first-order valence-corrected chi connectivity index (χ1v) is 12.0. The van der Waals surface area contributed by atoms with E-state index in [1.165, 1.54) is 25.3 Å². The number of ether oxygens (including phenoxy) is 2. The molecular formula is C27H28BrN3O5. The first-order valence-electron chi connectivity index (χ1n) is 11.2. The number of amides is 2. The Balaban J connectivity index is 1.64. The molecule has 3 aromatic rings. The molecular weight excluding hydrogens is 526 g/mol. The standard InChI is InChI=1S/C27H28BrN3O5/c1-35-24(8-4-5-9-25(33)31-23-7-3-2-6-22(23)29)26(18-10-16-21(32)17-11-18)36-27(34)30-20-14-12-19(28)13-15-20/h2-3,5-7,9-17,24,26,32H,4,8,29H2,1H3,(H,30,34)(H,31,33)/b9-5+/t24-,26-/m0/s1. The number of benzene rings is 3. The van der Waals surface area contributed by atoms with Gasteiger partial charge in [-0.15, -0.1) is 0 Å². The molecule has 5 N–H and O–H groups in total. The zero-order valence-corrected chi connectivity index (χ0v) is 21.3. The molecule has 2 amide bonds. The topological polar surface area (TPSA) is 123 Å². The minimum atomic E-state index is -0.752. The van der Waals surface area contributed by atoms with E-state index in [1.807, 2.05) is 0 Å². The number of allylic oxidation sites excluding steroid dienone is 1. The first-order chi connectivity index (χ1) is 17.4. The summed E-state index contributed by atoms with van der Waals surface area (Å²) in [7, 11) is 1.53. The molecule has 0 heterocycles. The molecule has 0 aliphatic carbocycles. The minimum Gasteiger partial charge on any atom is -0.508 e. The molecule has 2 atom stereocenters. The summed E-state index contributed by atoms with van der Waals surface area (Å²) in [5.74, 6) is -0.208. The lowest BCUT2D eigenvalue weighted by Crippen LogP contribution is -2.28. The third-order valence-electron chi connectivity index (χ3n) is 5.29. The highest BCUT2D eigenvalue weighted by molar-refractivity contribution is 9.10. The number of carbonyl (C=O) groups is 2. The molecule has 8 nitrogen and oxygen atoms in total. The van der Waals surface area contributed by atoms with Gasteiger partial charge in [0.05, 0.1) is 17.5 Å². The van der Waals surface area contributed by atoms with Crippen molar-refractivity contribution >= 4 is 45.0 Å². The summed E-state index contributed by atoms with van der Waals surface area (Å²) in [5, 5.41) is 15.1. The van der Waals surface area contributed by atoms with Gasteiger partial charge in [-0.1, -0.05) is 46.3 Å². The van der Waals surface area contributed by atoms with Gasteiger partial charge in [-0.25, -0.2) is 4.79 Å². The maximum Gasteiger partial charge on any atom is 0.412 e. The fourth-order valence-corrected chi connectivity index (χ4v) is 3.71. The molecule has 188 valence electrons. The summed E-state index contributed by atoms with van der Waals surface area (Å²) in [6.07, 6.45) is 2.19. The molecule has 0 spiro atoms. The lowest BCUT2D eigenvalue weighted by atomic mass is 10.00. The highest BCUT2D eigenvalue weighted by Crippen LogP contribution is 2.29. The number of phenols is 1. The summed E-state index contributed by atoms with van der Waals surface area (Å²) in [6.45, 7) is 0. The number of hydrogen-bond donors (Lipinski definition) is 4. The summed E-state index contributed by atoms with van der Waals surface area (Å²) in [6, 6.07) is 20.5. The first kappa shape index (κ1) is 26.8. The number of phenolic OH excluding ortho intramolecular Hbond substituents is 1. The number of methoxy groups -OCH3 is 1. The Kier molecular flexibility index (Phi) is 9.91. The number of rotatable bonds is 10. The average Bonchev–Trinajstić information content (AvgIpc) is 2.86. The molecule has 0 bridgehead atoms. The molecule has 0 aliphatic heterocycles. The Morgan fingerprint density at radius 1 is 1.03 bits per heavy atom. The monoisotopic (exact) mass is 553 g/mol. The van der Waals surface area contributed by atoms with Crippen LogP contribution in [0.2, 0.25) is 0 Å². The fraction of sp³-hybridized carbons (Fsp3) is 0.185. The molecule has 36 heavy (non-hydrogen) atoms. The molecule has 0 saturated heterocycles. The van der Waals surface area contributed by atoms with Gasteiger partial charge in [0, 0.05) is 17.3 Å². The number of para-hydroxylation sites is 2. The summed E-state index contributed by atoms with van der Waals surface area (Å²) in [4.78, 5) is 24.9. The van der Waals surface area contributed by atoms with Crippen LogP contribution in [0.1, 0.15) is 24.5 Å². The Labute approximate surface area is 218 Å². The van der Waals surface area contributed by atoms with Crippen molar-refractivity contribution in [2.24, 2.45) is 0 Å². The number of nitrogens with two attached hydrogens (primary N) is 1. The molecule has 0 unspecified atom stereocenters. The molecule has 0 aliphatic rings. The highest BCUT2D eigenvalue weighted by Gasteiger charge is 2.27. The molecule has 3 rings (SSSR count). The van der Waals surface area contributed by atoms with Crippen molar-refractivity contribution < 1.29 is 24.2 Å². The fourth-order valence-electron chi connectivity index (χ4n) is 3.45. The van der Waals surface area contributed by atoms with Crippen LogP contribution in [0.15, 0.2) is 89.4 Å². The highest BCUT2D eigenvalue weighted by atomic mass is 79.9. The predicted octanol–water partition coefficient (Wildman–Crippen LogP) is 6.02. The lowest BCUT2D eigenvalue weighted by Gasteiger charge is -2.26. The number of nitrogen functional groups attached to an aromatic ring is 1. The van der Waals surface area contributed by atoms with Crippen LogP contribution in [0.4, 0.5) is 21.9 Å². The van der Waals surface area contributed by atoms with Crippen LogP contribution in [-0.4, -0.2) is 30.3 Å². The number of carbonyl (C=O) groups excluding carboxylic acids is 2. The summed E-state index contributed by atoms with van der Waals surface area (Å²) < 4.78 is 12.3. The molecule has 0 fully saturated rings. The van der Waals surface area contributed by atoms with Gasteiger partial charge >= 0.3 is 6.09 Å². The van der Waals surface area contributed by atoms with Gasteiger partial charge in [-0.3, -0.25) is 10.1 Å². The van der Waals surface area contributed by atoms with Gasteiger partial charge in [0.15, 0.2) is 6.10 Å². The van der Waals surface area contributed by atoms with E-state index >= 15 is 0 Å². The van der Waals surface area contributed by atoms with E-state index in [0.29, 0.717) is 35.5 Å². The number of aromatic hydroxyl groups is 1. The molecule has 0 aromatic heterocycles. The van der Waals surface area contributed by atoms with Crippen molar-refractivity contribution in [1.82, 2.24) is 0 Å². The number of halogens is 1. The minimum absolute atomic E-state index is 0.0961. The van der Waals surface area contributed by atoms with E-state index < -0.39 is 18.3 Å². The van der Waals surface area contributed by atoms with Crippen LogP contribution in [0.25, 0.3) is 0 Å². The second-order valence-corrected chi connectivity index (χ2v) is 8.80. The third-order valence-corrected chi connectivity index (χ3v) is 5.82. The average molecular weight is 554 g/mol. The number of anilines is 3. The summed E-state index contributed by atoms with van der Waals surface area (Å²) >= 11 is 3.36. The van der Waals surface area contributed by atoms with Crippen LogP contribution in [0.3, 0.4) is 0 Å². The van der Waals surface area contributed by atoms with Crippen molar-refractivity contribution in [2.45, 2.75) is 25.0 Å². The van der Waals surface area contributed by atoms with E-state index in [4.69, 9.17) is 15.2 Å². The molecule has 9 heteroatoms. The SMILES string of the molecule is CO[C@@H](CC/C=C/C(=O)Nc1ccccc1N)[C@@H](OC(=O)Nc1ccc(Br)cc1)c1ccc(O)cc1. The molecule has 0 radical (unpaired) electrons. The maximum absolute atomic E-state index is 12.7. The predicted molar refractivity (Wildman–Crippen MR) is 144 cm³/mol. The van der Waals surface area contributed by atoms with E-state index in [-0.39, 0.29) is 11.7 Å². The van der Waals surface area contributed by atoms with Crippen molar-refractivity contribution in [3.8, 4) is 5.75 Å². The van der Waals surface area contributed by atoms with Crippen molar-refractivity contribution in [1.29, 1.82) is 0 Å². The quantitative estimate of drug-likeness (QED) is 0.180. The van der Waals surface area contributed by atoms with E-state index in [1.54, 1.807) is 66.7 Å². The Hall–Kier alpha value is -3.82. The van der Waals surface area contributed by atoms with Gasteiger partial charge in [0.25, 0.3) is 0 Å². The Bertz CT molecular complexity index is 1180. The van der Waals surface area contributed by atoms with Crippen LogP contribution >= 0.6 is 15.9 Å². The van der Waals surface area contributed by atoms with Crippen molar-refractivity contribution in [3.63, 3.8) is 0 Å². The zero-order valence-electron chi connectivity index (χ0n) is 19.7. The van der Waals surface area contributed by atoms with Gasteiger partial charge in [-0.2, -0.15) is 0 Å². The molecule has 0 saturated carbocycles.